The van der Waals surface area contributed by atoms with Gasteiger partial charge >= 0.3 is 6.03 Å². The molecule has 3 aliphatic rings. The van der Waals surface area contributed by atoms with Gasteiger partial charge < -0.3 is 20.2 Å². The molecule has 2 amide bonds. The van der Waals surface area contributed by atoms with E-state index in [2.05, 4.69) is 22.4 Å². The zero-order valence-corrected chi connectivity index (χ0v) is 19.9. The molecule has 182 valence electrons. The van der Waals surface area contributed by atoms with Gasteiger partial charge in [0.05, 0.1) is 24.5 Å². The second-order valence-electron chi connectivity index (χ2n) is 10.3. The highest BCUT2D eigenvalue weighted by atomic mass is 16.3. The maximum Gasteiger partial charge on any atom is 0.320 e. The summed E-state index contributed by atoms with van der Waals surface area (Å²) in [6, 6.07) is 11.8. The van der Waals surface area contributed by atoms with Crippen LogP contribution in [-0.2, 0) is 6.54 Å². The van der Waals surface area contributed by atoms with Crippen molar-refractivity contribution in [1.29, 1.82) is 0 Å². The van der Waals surface area contributed by atoms with Crippen LogP contribution in [0.4, 0.5) is 4.79 Å². The van der Waals surface area contributed by atoms with Crippen LogP contribution in [0.5, 0.6) is 0 Å². The standard InChI is InChI=1S/C26H35N5O3/c1-20-15-23(32)30(19-28-20)18-26(34)11-13-29(17-25(26)9-5-6-10-25)24(33)31-14-12-27-16-22(31)21-7-3-2-4-8-21/h2-4,7-8,15,19,22,27,34H,5-6,9-14,16-18H2,1H3/t22-,26+/m0/s1. The summed E-state index contributed by atoms with van der Waals surface area (Å²) < 4.78 is 1.53. The summed E-state index contributed by atoms with van der Waals surface area (Å²) in [5.74, 6) is 0. The lowest BCUT2D eigenvalue weighted by molar-refractivity contribution is -0.137. The lowest BCUT2D eigenvalue weighted by Crippen LogP contribution is -2.64. The number of nitrogens with one attached hydrogen (secondary N) is 1. The fraction of sp³-hybridized carbons (Fsp3) is 0.577. The number of piperidine rings is 1. The summed E-state index contributed by atoms with van der Waals surface area (Å²) in [5.41, 5.74) is 0.232. The molecule has 1 aromatic carbocycles. The molecule has 2 aromatic rings. The Bertz CT molecular complexity index is 1080. The van der Waals surface area contributed by atoms with Crippen LogP contribution in [0.3, 0.4) is 0 Å². The molecule has 34 heavy (non-hydrogen) atoms. The molecule has 2 N–H and O–H groups in total. The second-order valence-corrected chi connectivity index (χ2v) is 10.3. The Morgan fingerprint density at radius 2 is 1.94 bits per heavy atom. The summed E-state index contributed by atoms with van der Waals surface area (Å²) in [6.07, 6.45) is 5.80. The maximum atomic E-state index is 13.8. The smallest absolute Gasteiger partial charge is 0.320 e. The summed E-state index contributed by atoms with van der Waals surface area (Å²) in [4.78, 5) is 34.6. The van der Waals surface area contributed by atoms with E-state index in [1.165, 1.54) is 10.6 Å². The van der Waals surface area contributed by atoms with Crippen molar-refractivity contribution in [2.75, 3.05) is 32.7 Å². The molecule has 1 aromatic heterocycles. The molecule has 2 atom stereocenters. The largest absolute Gasteiger partial charge is 0.387 e. The van der Waals surface area contributed by atoms with E-state index in [-0.39, 0.29) is 24.2 Å². The predicted molar refractivity (Wildman–Crippen MR) is 129 cm³/mol. The third-order valence-electron chi connectivity index (χ3n) is 8.23. The Balaban J connectivity index is 1.38. The molecule has 3 heterocycles. The fourth-order valence-corrected chi connectivity index (χ4v) is 6.27. The van der Waals surface area contributed by atoms with Crippen LogP contribution in [0.25, 0.3) is 0 Å². The van der Waals surface area contributed by atoms with E-state index >= 15 is 0 Å². The van der Waals surface area contributed by atoms with Gasteiger partial charge in [-0.1, -0.05) is 43.2 Å². The molecule has 0 unspecified atom stereocenters. The molecule has 8 nitrogen and oxygen atoms in total. The van der Waals surface area contributed by atoms with Crippen molar-refractivity contribution in [2.24, 2.45) is 5.41 Å². The lowest BCUT2D eigenvalue weighted by atomic mass is 9.66. The van der Waals surface area contributed by atoms with E-state index < -0.39 is 11.0 Å². The van der Waals surface area contributed by atoms with Crippen LogP contribution in [0.2, 0.25) is 0 Å². The Labute approximate surface area is 200 Å². The van der Waals surface area contributed by atoms with Gasteiger partial charge in [0, 0.05) is 49.9 Å². The molecule has 1 saturated carbocycles. The molecule has 8 heteroatoms. The van der Waals surface area contributed by atoms with Crippen LogP contribution >= 0.6 is 0 Å². The monoisotopic (exact) mass is 465 g/mol. The number of nitrogens with zero attached hydrogens (tertiary/aromatic N) is 4. The molecular weight excluding hydrogens is 430 g/mol. The van der Waals surface area contributed by atoms with E-state index in [9.17, 15) is 14.7 Å². The van der Waals surface area contributed by atoms with E-state index in [4.69, 9.17) is 0 Å². The second kappa shape index (κ2) is 9.15. The molecule has 0 bridgehead atoms. The van der Waals surface area contributed by atoms with Crippen LogP contribution < -0.4 is 10.9 Å². The minimum Gasteiger partial charge on any atom is -0.387 e. The van der Waals surface area contributed by atoms with Crippen molar-refractivity contribution in [3.05, 3.63) is 64.3 Å². The normalized spacial score (nSPS) is 26.7. The first-order chi connectivity index (χ1) is 16.4. The molecule has 3 fully saturated rings. The van der Waals surface area contributed by atoms with Gasteiger partial charge in [-0.3, -0.25) is 9.36 Å². The number of carbonyl (C=O) groups is 1. The third kappa shape index (κ3) is 4.14. The van der Waals surface area contributed by atoms with Gasteiger partial charge in [0.2, 0.25) is 0 Å². The first-order valence-electron chi connectivity index (χ1n) is 12.5. The first kappa shape index (κ1) is 23.1. The van der Waals surface area contributed by atoms with Gasteiger partial charge in [-0.15, -0.1) is 0 Å². The number of urea groups is 1. The number of rotatable bonds is 3. The van der Waals surface area contributed by atoms with Crippen molar-refractivity contribution in [1.82, 2.24) is 24.7 Å². The number of aliphatic hydroxyl groups is 1. The number of aryl methyl sites for hydroxylation is 1. The number of likely N-dealkylation sites (tertiary alicyclic amines) is 1. The minimum atomic E-state index is -1.04. The Morgan fingerprint density at radius 1 is 1.18 bits per heavy atom. The van der Waals surface area contributed by atoms with Crippen molar-refractivity contribution in [3.8, 4) is 0 Å². The van der Waals surface area contributed by atoms with E-state index in [0.717, 1.165) is 44.3 Å². The Hall–Kier alpha value is -2.71. The molecule has 1 spiro atoms. The van der Waals surface area contributed by atoms with E-state index in [1.807, 2.05) is 28.0 Å². The van der Waals surface area contributed by atoms with Crippen molar-refractivity contribution < 1.29 is 9.90 Å². The predicted octanol–water partition coefficient (Wildman–Crippen LogP) is 2.32. The number of carbonyl (C=O) groups excluding carboxylic acids is 1. The number of aromatic nitrogens is 2. The third-order valence-corrected chi connectivity index (χ3v) is 8.23. The van der Waals surface area contributed by atoms with Gasteiger partial charge in [0.15, 0.2) is 0 Å². The van der Waals surface area contributed by atoms with Gasteiger partial charge in [-0.05, 0) is 31.7 Å². The average Bonchev–Trinajstić information content (AvgIpc) is 3.33. The summed E-state index contributed by atoms with van der Waals surface area (Å²) >= 11 is 0. The first-order valence-corrected chi connectivity index (χ1v) is 12.5. The summed E-state index contributed by atoms with van der Waals surface area (Å²) in [5, 5.41) is 15.4. The summed E-state index contributed by atoms with van der Waals surface area (Å²) in [6.45, 7) is 5.21. The van der Waals surface area contributed by atoms with E-state index in [1.54, 1.807) is 13.3 Å². The molecule has 0 radical (unpaired) electrons. The Morgan fingerprint density at radius 3 is 2.68 bits per heavy atom. The molecular formula is C26H35N5O3. The fourth-order valence-electron chi connectivity index (χ4n) is 6.27. The number of piperazine rings is 1. The molecule has 2 saturated heterocycles. The summed E-state index contributed by atoms with van der Waals surface area (Å²) in [7, 11) is 0. The van der Waals surface area contributed by atoms with Gasteiger partial charge in [0.1, 0.15) is 0 Å². The SMILES string of the molecule is Cc1cc(=O)n(C[C@]2(O)CCN(C(=O)N3CCNC[C@H]3c3ccccc3)CC23CCCC3)cn1. The van der Waals surface area contributed by atoms with Gasteiger partial charge in [0.25, 0.3) is 5.56 Å². The topological polar surface area (TPSA) is 90.7 Å². The van der Waals surface area contributed by atoms with Crippen LogP contribution in [0.1, 0.15) is 49.4 Å². The minimum absolute atomic E-state index is 0.00000177. The van der Waals surface area contributed by atoms with Crippen molar-refractivity contribution in [3.63, 3.8) is 0 Å². The van der Waals surface area contributed by atoms with E-state index in [0.29, 0.717) is 31.7 Å². The number of hydrogen-bond acceptors (Lipinski definition) is 5. The van der Waals surface area contributed by atoms with Crippen LogP contribution in [-0.4, -0.2) is 68.8 Å². The van der Waals surface area contributed by atoms with Gasteiger partial charge in [-0.25, -0.2) is 9.78 Å². The number of benzene rings is 1. The number of hydrogen-bond donors (Lipinski definition) is 2. The van der Waals surface area contributed by atoms with Crippen molar-refractivity contribution >= 4 is 6.03 Å². The van der Waals surface area contributed by atoms with Crippen LogP contribution in [0.15, 0.2) is 47.5 Å². The van der Waals surface area contributed by atoms with Gasteiger partial charge in [-0.2, -0.15) is 0 Å². The number of amides is 2. The van der Waals surface area contributed by atoms with Crippen molar-refractivity contribution in [2.45, 2.75) is 57.2 Å². The quantitative estimate of drug-likeness (QED) is 0.726. The maximum absolute atomic E-state index is 13.8. The molecule has 5 rings (SSSR count). The van der Waals surface area contributed by atoms with Crippen LogP contribution in [0, 0.1) is 12.3 Å². The molecule has 1 aliphatic carbocycles. The Kier molecular flexibility index (Phi) is 6.20. The lowest BCUT2D eigenvalue weighted by Gasteiger charge is -2.53. The average molecular weight is 466 g/mol. The highest BCUT2D eigenvalue weighted by molar-refractivity contribution is 5.75. The highest BCUT2D eigenvalue weighted by Crippen LogP contribution is 2.51. The zero-order valence-electron chi connectivity index (χ0n) is 19.9. The highest BCUT2D eigenvalue weighted by Gasteiger charge is 2.56. The molecule has 2 aliphatic heterocycles. The zero-order chi connectivity index (χ0) is 23.8.